The zero-order valence-corrected chi connectivity index (χ0v) is 10.1. The summed E-state index contributed by atoms with van der Waals surface area (Å²) in [4.78, 5) is 0. The molecule has 96 valence electrons. The van der Waals surface area contributed by atoms with Crippen molar-refractivity contribution in [2.24, 2.45) is 0 Å². The van der Waals surface area contributed by atoms with E-state index < -0.39 is 11.7 Å². The highest BCUT2D eigenvalue weighted by atomic mass is 19.4. The predicted octanol–water partition coefficient (Wildman–Crippen LogP) is 5.05. The minimum atomic E-state index is -4.27. The van der Waals surface area contributed by atoms with Crippen LogP contribution in [0.4, 0.5) is 13.2 Å². The minimum absolute atomic E-state index is 0.292. The number of hydrogen-bond donors (Lipinski definition) is 0. The molecule has 0 saturated heterocycles. The minimum Gasteiger partial charge on any atom is -0.166 e. The first-order valence-electron chi connectivity index (χ1n) is 5.65. The van der Waals surface area contributed by atoms with E-state index in [4.69, 9.17) is 0 Å². The summed E-state index contributed by atoms with van der Waals surface area (Å²) in [6, 6.07) is 0. The zero-order valence-electron chi connectivity index (χ0n) is 10.1. The SMILES string of the molecule is C/C=C/C=C\C=C\C1=CCC=C(C(F)(F)F)C=C1. The number of hydrogen-bond acceptors (Lipinski definition) is 0. The summed E-state index contributed by atoms with van der Waals surface area (Å²) in [6.07, 6.45) is 12.6. The Morgan fingerprint density at radius 2 is 1.72 bits per heavy atom. The van der Waals surface area contributed by atoms with Gasteiger partial charge in [-0.05, 0) is 25.0 Å². The lowest BCUT2D eigenvalue weighted by Crippen LogP contribution is -2.09. The molecule has 0 amide bonds. The highest BCUT2D eigenvalue weighted by Crippen LogP contribution is 2.28. The molecule has 0 radical (unpaired) electrons. The average Bonchev–Trinajstić information content (AvgIpc) is 2.53. The lowest BCUT2D eigenvalue weighted by Gasteiger charge is -2.05. The zero-order chi connectivity index (χ0) is 13.4. The molecule has 0 fully saturated rings. The first-order chi connectivity index (χ1) is 8.54. The van der Waals surface area contributed by atoms with Crippen LogP contribution in [0.5, 0.6) is 0 Å². The largest absolute Gasteiger partial charge is 0.416 e. The summed E-state index contributed by atoms with van der Waals surface area (Å²) in [5.41, 5.74) is 0.183. The van der Waals surface area contributed by atoms with Crippen LogP contribution in [-0.4, -0.2) is 6.18 Å². The molecule has 0 unspecified atom stereocenters. The van der Waals surface area contributed by atoms with Crippen molar-refractivity contribution in [3.05, 3.63) is 71.9 Å². The first-order valence-corrected chi connectivity index (χ1v) is 5.65. The van der Waals surface area contributed by atoms with Crippen molar-refractivity contribution >= 4 is 0 Å². The Kier molecular flexibility index (Phi) is 5.43. The monoisotopic (exact) mass is 252 g/mol. The highest BCUT2D eigenvalue weighted by molar-refractivity contribution is 5.40. The van der Waals surface area contributed by atoms with Crippen LogP contribution in [0, 0.1) is 0 Å². The van der Waals surface area contributed by atoms with Crippen LogP contribution < -0.4 is 0 Å². The van der Waals surface area contributed by atoms with E-state index in [2.05, 4.69) is 0 Å². The van der Waals surface area contributed by atoms with Crippen molar-refractivity contribution < 1.29 is 13.2 Å². The molecule has 0 aromatic carbocycles. The van der Waals surface area contributed by atoms with Gasteiger partial charge in [0, 0.05) is 0 Å². The Labute approximate surface area is 105 Å². The van der Waals surface area contributed by atoms with Crippen molar-refractivity contribution in [3.63, 3.8) is 0 Å². The number of alkyl halides is 3. The van der Waals surface area contributed by atoms with Gasteiger partial charge in [-0.3, -0.25) is 0 Å². The lowest BCUT2D eigenvalue weighted by atomic mass is 10.2. The Hall–Kier alpha value is -1.77. The van der Waals surface area contributed by atoms with E-state index >= 15 is 0 Å². The maximum absolute atomic E-state index is 12.5. The van der Waals surface area contributed by atoms with Gasteiger partial charge in [-0.2, -0.15) is 13.2 Å². The molecule has 1 aliphatic rings. The molecule has 0 nitrogen and oxygen atoms in total. The molecule has 0 N–H and O–H groups in total. The smallest absolute Gasteiger partial charge is 0.166 e. The standard InChI is InChI=1S/C15H15F3/c1-2-3-4-5-6-8-13-9-7-10-14(12-11-13)15(16,17)18/h2-6,8-12H,7H2,1H3/b3-2+,5-4-,8-6+. The molecular formula is C15H15F3. The van der Waals surface area contributed by atoms with Crippen LogP contribution >= 0.6 is 0 Å². The van der Waals surface area contributed by atoms with Gasteiger partial charge in [-0.25, -0.2) is 0 Å². The third-order valence-corrected chi connectivity index (χ3v) is 2.29. The molecule has 3 heteroatoms. The Bertz CT molecular complexity index is 441. The fourth-order valence-electron chi connectivity index (χ4n) is 1.38. The van der Waals surface area contributed by atoms with E-state index in [1.165, 1.54) is 12.2 Å². The second-order valence-corrected chi connectivity index (χ2v) is 3.70. The molecule has 18 heavy (non-hydrogen) atoms. The molecule has 0 bridgehead atoms. The van der Waals surface area contributed by atoms with Gasteiger partial charge in [0.15, 0.2) is 0 Å². The number of halogens is 3. The fourth-order valence-corrected chi connectivity index (χ4v) is 1.38. The normalized spacial score (nSPS) is 17.6. The first kappa shape index (κ1) is 14.3. The Balaban J connectivity index is 2.66. The van der Waals surface area contributed by atoms with Crippen LogP contribution in [0.15, 0.2) is 71.9 Å². The molecular weight excluding hydrogens is 237 g/mol. The summed E-state index contributed by atoms with van der Waals surface area (Å²) < 4.78 is 37.4. The van der Waals surface area contributed by atoms with E-state index in [-0.39, 0.29) is 0 Å². The molecule has 1 rings (SSSR count). The molecule has 0 aromatic heterocycles. The van der Waals surface area contributed by atoms with Gasteiger partial charge >= 0.3 is 6.18 Å². The summed E-state index contributed by atoms with van der Waals surface area (Å²) in [7, 11) is 0. The molecule has 0 aromatic rings. The molecule has 0 aliphatic heterocycles. The summed E-state index contributed by atoms with van der Waals surface area (Å²) in [5.74, 6) is 0. The van der Waals surface area contributed by atoms with Crippen LogP contribution in [0.1, 0.15) is 13.3 Å². The van der Waals surface area contributed by atoms with E-state index in [0.717, 1.165) is 11.6 Å². The van der Waals surface area contributed by atoms with Crippen LogP contribution in [0.3, 0.4) is 0 Å². The maximum atomic E-state index is 12.5. The average molecular weight is 252 g/mol. The van der Waals surface area contributed by atoms with Gasteiger partial charge in [-0.15, -0.1) is 0 Å². The van der Waals surface area contributed by atoms with Gasteiger partial charge in [0.25, 0.3) is 0 Å². The third-order valence-electron chi connectivity index (χ3n) is 2.29. The Morgan fingerprint density at radius 3 is 2.39 bits per heavy atom. The molecule has 0 saturated carbocycles. The number of rotatable bonds is 3. The predicted molar refractivity (Wildman–Crippen MR) is 69.1 cm³/mol. The summed E-state index contributed by atoms with van der Waals surface area (Å²) in [6.45, 7) is 1.91. The van der Waals surface area contributed by atoms with Gasteiger partial charge < -0.3 is 0 Å². The fraction of sp³-hybridized carbons (Fsp3) is 0.200. The Morgan fingerprint density at radius 1 is 1.00 bits per heavy atom. The summed E-state index contributed by atoms with van der Waals surface area (Å²) in [5, 5.41) is 0. The van der Waals surface area contributed by atoms with Gasteiger partial charge in [0.2, 0.25) is 0 Å². The van der Waals surface area contributed by atoms with E-state index in [0.29, 0.717) is 6.42 Å². The third kappa shape index (κ3) is 5.04. The topological polar surface area (TPSA) is 0 Å². The van der Waals surface area contributed by atoms with E-state index in [1.54, 1.807) is 18.2 Å². The molecule has 0 spiro atoms. The van der Waals surface area contributed by atoms with Gasteiger partial charge in [0.1, 0.15) is 0 Å². The van der Waals surface area contributed by atoms with Crippen LogP contribution in [-0.2, 0) is 0 Å². The van der Waals surface area contributed by atoms with Crippen molar-refractivity contribution in [2.75, 3.05) is 0 Å². The van der Waals surface area contributed by atoms with Crippen molar-refractivity contribution in [2.45, 2.75) is 19.5 Å². The van der Waals surface area contributed by atoms with Gasteiger partial charge in [0.05, 0.1) is 5.57 Å². The second kappa shape index (κ2) is 6.84. The van der Waals surface area contributed by atoms with Crippen LogP contribution in [0.25, 0.3) is 0 Å². The van der Waals surface area contributed by atoms with Crippen molar-refractivity contribution in [3.8, 4) is 0 Å². The highest BCUT2D eigenvalue weighted by Gasteiger charge is 2.31. The van der Waals surface area contributed by atoms with E-state index in [9.17, 15) is 13.2 Å². The number of allylic oxidation sites excluding steroid dienone is 12. The second-order valence-electron chi connectivity index (χ2n) is 3.70. The molecule has 0 heterocycles. The van der Waals surface area contributed by atoms with Crippen molar-refractivity contribution in [1.82, 2.24) is 0 Å². The summed E-state index contributed by atoms with van der Waals surface area (Å²) >= 11 is 0. The van der Waals surface area contributed by atoms with Crippen molar-refractivity contribution in [1.29, 1.82) is 0 Å². The van der Waals surface area contributed by atoms with Gasteiger partial charge in [-0.1, -0.05) is 54.7 Å². The molecule has 0 atom stereocenters. The van der Waals surface area contributed by atoms with Crippen LogP contribution in [0.2, 0.25) is 0 Å². The molecule has 1 aliphatic carbocycles. The maximum Gasteiger partial charge on any atom is 0.416 e. The quantitative estimate of drug-likeness (QED) is 0.616. The van der Waals surface area contributed by atoms with E-state index in [1.807, 2.05) is 31.2 Å². The lowest BCUT2D eigenvalue weighted by molar-refractivity contribution is -0.0883.